The lowest BCUT2D eigenvalue weighted by Crippen LogP contribution is -2.42. The standard InChI is InChI=1S/C12H26N4O3/c1-9(2)10(11(13)15-18)12(17)14-5-7-19-8-6-16(3)4/h9-10,18H,5-8H2,1-4H3,(H2,13,15)(H,14,17). The molecule has 1 atom stereocenters. The van der Waals surface area contributed by atoms with Crippen LogP contribution in [-0.2, 0) is 9.53 Å². The fraction of sp³-hybridized carbons (Fsp3) is 0.833. The van der Waals surface area contributed by atoms with Crippen LogP contribution in [0.2, 0.25) is 0 Å². The number of ether oxygens (including phenoxy) is 1. The molecule has 4 N–H and O–H groups in total. The summed E-state index contributed by atoms with van der Waals surface area (Å²) in [6.45, 7) is 6.00. The summed E-state index contributed by atoms with van der Waals surface area (Å²) >= 11 is 0. The number of amides is 1. The summed E-state index contributed by atoms with van der Waals surface area (Å²) in [5.74, 6) is -0.972. The number of carbonyl (C=O) groups is 1. The van der Waals surface area contributed by atoms with E-state index in [1.54, 1.807) is 0 Å². The van der Waals surface area contributed by atoms with Gasteiger partial charge in [-0.05, 0) is 20.0 Å². The van der Waals surface area contributed by atoms with Gasteiger partial charge in [-0.3, -0.25) is 4.79 Å². The number of rotatable bonds is 9. The number of nitrogens with two attached hydrogens (primary N) is 1. The fourth-order valence-electron chi connectivity index (χ4n) is 1.55. The average Bonchev–Trinajstić information content (AvgIpc) is 2.32. The van der Waals surface area contributed by atoms with Crippen molar-refractivity contribution in [1.82, 2.24) is 10.2 Å². The van der Waals surface area contributed by atoms with Gasteiger partial charge in [0.1, 0.15) is 5.92 Å². The third kappa shape index (κ3) is 7.63. The molecule has 1 unspecified atom stereocenters. The Morgan fingerprint density at radius 3 is 2.53 bits per heavy atom. The van der Waals surface area contributed by atoms with Crippen LogP contribution in [0.25, 0.3) is 0 Å². The van der Waals surface area contributed by atoms with Crippen molar-refractivity contribution in [3.8, 4) is 0 Å². The molecule has 0 aromatic carbocycles. The summed E-state index contributed by atoms with van der Waals surface area (Å²) < 4.78 is 5.35. The molecule has 0 fully saturated rings. The number of nitrogens with zero attached hydrogens (tertiary/aromatic N) is 2. The second-order valence-electron chi connectivity index (χ2n) is 4.95. The summed E-state index contributed by atoms with van der Waals surface area (Å²) in [5.41, 5.74) is 5.51. The van der Waals surface area contributed by atoms with Crippen LogP contribution in [0.5, 0.6) is 0 Å². The highest BCUT2D eigenvalue weighted by Gasteiger charge is 2.26. The lowest BCUT2D eigenvalue weighted by molar-refractivity contribution is -0.124. The lowest BCUT2D eigenvalue weighted by Gasteiger charge is -2.18. The molecule has 1 amide bonds. The summed E-state index contributed by atoms with van der Waals surface area (Å²) in [5, 5.41) is 14.3. The van der Waals surface area contributed by atoms with Gasteiger partial charge in [-0.15, -0.1) is 0 Å². The van der Waals surface area contributed by atoms with Crippen molar-refractivity contribution in [2.24, 2.45) is 22.7 Å². The Labute approximate surface area is 114 Å². The van der Waals surface area contributed by atoms with Gasteiger partial charge in [0.05, 0.1) is 13.2 Å². The topological polar surface area (TPSA) is 100 Å². The Morgan fingerprint density at radius 2 is 2.05 bits per heavy atom. The van der Waals surface area contributed by atoms with Crippen LogP contribution in [0, 0.1) is 11.8 Å². The van der Waals surface area contributed by atoms with Crippen LogP contribution in [0.4, 0.5) is 0 Å². The Hall–Kier alpha value is -1.34. The van der Waals surface area contributed by atoms with Crippen molar-refractivity contribution in [3.05, 3.63) is 0 Å². The molecule has 0 spiro atoms. The zero-order valence-electron chi connectivity index (χ0n) is 12.2. The SMILES string of the molecule is CC(C)C(C(=O)NCCOCCN(C)C)C(N)=NO. The van der Waals surface area contributed by atoms with Crippen LogP contribution in [0.1, 0.15) is 13.8 Å². The van der Waals surface area contributed by atoms with Crippen molar-refractivity contribution in [3.63, 3.8) is 0 Å². The van der Waals surface area contributed by atoms with Gasteiger partial charge in [-0.2, -0.15) is 0 Å². The Kier molecular flexibility index (Phi) is 8.90. The minimum absolute atomic E-state index is 0.0365. The average molecular weight is 274 g/mol. The van der Waals surface area contributed by atoms with Gasteiger partial charge < -0.3 is 25.9 Å². The van der Waals surface area contributed by atoms with Crippen molar-refractivity contribution in [2.75, 3.05) is 40.4 Å². The van der Waals surface area contributed by atoms with E-state index < -0.39 is 5.92 Å². The van der Waals surface area contributed by atoms with Gasteiger partial charge >= 0.3 is 0 Å². The van der Waals surface area contributed by atoms with Gasteiger partial charge in [-0.1, -0.05) is 19.0 Å². The first-order chi connectivity index (χ1) is 8.90. The van der Waals surface area contributed by atoms with E-state index in [4.69, 9.17) is 15.7 Å². The first-order valence-corrected chi connectivity index (χ1v) is 6.37. The molecule has 112 valence electrons. The van der Waals surface area contributed by atoms with E-state index >= 15 is 0 Å². The molecule has 0 radical (unpaired) electrons. The first kappa shape index (κ1) is 17.7. The molecule has 0 rings (SSSR count). The highest BCUT2D eigenvalue weighted by Crippen LogP contribution is 2.10. The summed E-state index contributed by atoms with van der Waals surface area (Å²) in [4.78, 5) is 13.9. The maximum Gasteiger partial charge on any atom is 0.231 e. The first-order valence-electron chi connectivity index (χ1n) is 6.37. The fourth-order valence-corrected chi connectivity index (χ4v) is 1.55. The second kappa shape index (κ2) is 9.57. The molecule has 7 heteroatoms. The molecule has 0 aromatic rings. The van der Waals surface area contributed by atoms with Crippen molar-refractivity contribution in [1.29, 1.82) is 0 Å². The van der Waals surface area contributed by atoms with Crippen molar-refractivity contribution >= 4 is 11.7 Å². The number of hydrogen-bond donors (Lipinski definition) is 3. The van der Waals surface area contributed by atoms with Crippen LogP contribution in [0.3, 0.4) is 0 Å². The predicted molar refractivity (Wildman–Crippen MR) is 74.1 cm³/mol. The van der Waals surface area contributed by atoms with E-state index in [1.807, 2.05) is 32.8 Å². The molecular formula is C12H26N4O3. The van der Waals surface area contributed by atoms with Crippen LogP contribution in [0.15, 0.2) is 5.16 Å². The molecule has 0 aliphatic heterocycles. The van der Waals surface area contributed by atoms with E-state index in [9.17, 15) is 4.79 Å². The number of likely N-dealkylation sites (N-methyl/N-ethyl adjacent to an activating group) is 1. The molecule has 7 nitrogen and oxygen atoms in total. The highest BCUT2D eigenvalue weighted by molar-refractivity contribution is 6.02. The second-order valence-corrected chi connectivity index (χ2v) is 4.95. The Bertz CT molecular complexity index is 293. The molecule has 0 aliphatic rings. The maximum absolute atomic E-state index is 11.9. The van der Waals surface area contributed by atoms with Gasteiger partial charge in [0.25, 0.3) is 0 Å². The van der Waals surface area contributed by atoms with Gasteiger partial charge in [0, 0.05) is 13.1 Å². The Balaban J connectivity index is 3.95. The summed E-state index contributed by atoms with van der Waals surface area (Å²) in [6, 6.07) is 0. The number of oxime groups is 1. The maximum atomic E-state index is 11.9. The van der Waals surface area contributed by atoms with Crippen molar-refractivity contribution < 1.29 is 14.7 Å². The third-order valence-corrected chi connectivity index (χ3v) is 2.61. The summed E-state index contributed by atoms with van der Waals surface area (Å²) in [7, 11) is 3.94. The number of nitrogens with one attached hydrogen (secondary N) is 1. The smallest absolute Gasteiger partial charge is 0.231 e. The quantitative estimate of drug-likeness (QED) is 0.176. The van der Waals surface area contributed by atoms with E-state index in [-0.39, 0.29) is 17.7 Å². The molecule has 0 aliphatic carbocycles. The Morgan fingerprint density at radius 1 is 1.42 bits per heavy atom. The largest absolute Gasteiger partial charge is 0.409 e. The molecule has 19 heavy (non-hydrogen) atoms. The number of amidine groups is 1. The van der Waals surface area contributed by atoms with E-state index in [0.717, 1.165) is 6.54 Å². The zero-order valence-corrected chi connectivity index (χ0v) is 12.2. The van der Waals surface area contributed by atoms with Crippen LogP contribution in [-0.4, -0.2) is 62.2 Å². The summed E-state index contributed by atoms with van der Waals surface area (Å²) in [6.07, 6.45) is 0. The van der Waals surface area contributed by atoms with Crippen LogP contribution < -0.4 is 11.1 Å². The normalized spacial score (nSPS) is 13.9. The minimum Gasteiger partial charge on any atom is -0.409 e. The molecule has 0 saturated heterocycles. The van der Waals surface area contributed by atoms with Crippen molar-refractivity contribution in [2.45, 2.75) is 13.8 Å². The van der Waals surface area contributed by atoms with Gasteiger partial charge in [0.15, 0.2) is 5.84 Å². The monoisotopic (exact) mass is 274 g/mol. The molecule has 0 saturated carbocycles. The zero-order chi connectivity index (χ0) is 14.8. The molecule has 0 bridgehead atoms. The third-order valence-electron chi connectivity index (χ3n) is 2.61. The molecule has 0 aromatic heterocycles. The predicted octanol–water partition coefficient (Wildman–Crippen LogP) is -0.301. The number of carbonyl (C=O) groups excluding carboxylic acids is 1. The number of hydrogen-bond acceptors (Lipinski definition) is 5. The van der Waals surface area contributed by atoms with Gasteiger partial charge in [0.2, 0.25) is 5.91 Å². The van der Waals surface area contributed by atoms with Gasteiger partial charge in [-0.25, -0.2) is 0 Å². The molecular weight excluding hydrogens is 248 g/mol. The van der Waals surface area contributed by atoms with E-state index in [2.05, 4.69) is 10.5 Å². The molecule has 0 heterocycles. The van der Waals surface area contributed by atoms with E-state index in [0.29, 0.717) is 19.8 Å². The van der Waals surface area contributed by atoms with E-state index in [1.165, 1.54) is 0 Å². The minimum atomic E-state index is -0.619. The van der Waals surface area contributed by atoms with Crippen LogP contribution >= 0.6 is 0 Å². The highest BCUT2D eigenvalue weighted by atomic mass is 16.5. The lowest BCUT2D eigenvalue weighted by atomic mass is 9.94.